The predicted molar refractivity (Wildman–Crippen MR) is 69.4 cm³/mol. The van der Waals surface area contributed by atoms with Crippen LogP contribution < -0.4 is 5.73 Å². The highest BCUT2D eigenvalue weighted by Gasteiger charge is 2.07. The van der Waals surface area contributed by atoms with Gasteiger partial charge in [0, 0.05) is 5.39 Å². The molecule has 0 aliphatic rings. The van der Waals surface area contributed by atoms with Gasteiger partial charge in [0.2, 0.25) is 0 Å². The van der Waals surface area contributed by atoms with Crippen molar-refractivity contribution in [3.05, 3.63) is 35.9 Å². The quantitative estimate of drug-likeness (QED) is 0.834. The molecule has 90 valence electrons. The van der Waals surface area contributed by atoms with Crippen LogP contribution >= 0.6 is 12.4 Å². The van der Waals surface area contributed by atoms with Crippen molar-refractivity contribution in [2.75, 3.05) is 12.3 Å². The Balaban J connectivity index is 0.00000144. The van der Waals surface area contributed by atoms with Crippen molar-refractivity contribution in [1.29, 1.82) is 0 Å². The molecule has 2 N–H and O–H groups in total. The van der Waals surface area contributed by atoms with Gasteiger partial charge in [-0.1, -0.05) is 0 Å². The molecule has 0 aliphatic heterocycles. The molecule has 0 saturated carbocycles. The minimum absolute atomic E-state index is 0. The average molecular weight is 253 g/mol. The number of nitrogens with zero attached hydrogens (tertiary/aromatic N) is 1. The molecule has 2 rings (SSSR count). The molecule has 0 unspecified atom stereocenters. The van der Waals surface area contributed by atoms with Crippen LogP contribution in [0.15, 0.2) is 30.3 Å². The number of carbonyl (C=O) groups excluding carboxylic acids is 1. The first-order valence-electron chi connectivity index (χ1n) is 5.04. The predicted octanol–water partition coefficient (Wildman–Crippen LogP) is 2.42. The van der Waals surface area contributed by atoms with Crippen molar-refractivity contribution in [1.82, 2.24) is 4.98 Å². The molecule has 0 radical (unpaired) electrons. The van der Waals surface area contributed by atoms with Crippen LogP contribution in [-0.2, 0) is 4.74 Å². The molecular formula is C12H13ClN2O2. The first kappa shape index (κ1) is 13.3. The molecule has 0 aliphatic carbocycles. The Labute approximate surface area is 105 Å². The molecule has 17 heavy (non-hydrogen) atoms. The van der Waals surface area contributed by atoms with Gasteiger partial charge in [-0.05, 0) is 37.3 Å². The van der Waals surface area contributed by atoms with Gasteiger partial charge in [0.25, 0.3) is 0 Å². The van der Waals surface area contributed by atoms with E-state index in [0.717, 1.165) is 10.9 Å². The summed E-state index contributed by atoms with van der Waals surface area (Å²) in [5, 5.41) is 0.875. The highest BCUT2D eigenvalue weighted by molar-refractivity contribution is 5.94. The zero-order chi connectivity index (χ0) is 11.5. The van der Waals surface area contributed by atoms with E-state index in [9.17, 15) is 4.79 Å². The molecule has 0 atom stereocenters. The molecule has 2 aromatic rings. The van der Waals surface area contributed by atoms with E-state index in [1.165, 1.54) is 0 Å². The molecule has 0 saturated heterocycles. The number of nitrogen functional groups attached to an aromatic ring is 1. The average Bonchev–Trinajstić information content (AvgIpc) is 2.28. The van der Waals surface area contributed by atoms with E-state index in [1.807, 2.05) is 6.07 Å². The number of hydrogen-bond donors (Lipinski definition) is 1. The van der Waals surface area contributed by atoms with Crippen LogP contribution in [0.25, 0.3) is 10.9 Å². The van der Waals surface area contributed by atoms with Crippen LogP contribution in [-0.4, -0.2) is 17.6 Å². The molecule has 0 amide bonds. The summed E-state index contributed by atoms with van der Waals surface area (Å²) in [6.45, 7) is 2.15. The number of fused-ring (bicyclic) bond motifs is 1. The number of esters is 1. The van der Waals surface area contributed by atoms with Crippen molar-refractivity contribution < 1.29 is 9.53 Å². The maximum absolute atomic E-state index is 11.5. The molecule has 4 nitrogen and oxygen atoms in total. The monoisotopic (exact) mass is 252 g/mol. The number of aromatic nitrogens is 1. The van der Waals surface area contributed by atoms with Crippen molar-refractivity contribution in [3.63, 3.8) is 0 Å². The second-order valence-electron chi connectivity index (χ2n) is 3.36. The van der Waals surface area contributed by atoms with Crippen LogP contribution in [0.1, 0.15) is 17.3 Å². The Morgan fingerprint density at radius 2 is 2.12 bits per heavy atom. The second-order valence-corrected chi connectivity index (χ2v) is 3.36. The molecule has 0 spiro atoms. The number of halogens is 1. The summed E-state index contributed by atoms with van der Waals surface area (Å²) in [5.41, 5.74) is 6.87. The van der Waals surface area contributed by atoms with Crippen molar-refractivity contribution in [3.8, 4) is 0 Å². The van der Waals surface area contributed by atoms with Crippen LogP contribution in [0.5, 0.6) is 0 Å². The first-order valence-corrected chi connectivity index (χ1v) is 5.04. The molecule has 1 heterocycles. The van der Waals surface area contributed by atoms with Gasteiger partial charge < -0.3 is 10.5 Å². The van der Waals surface area contributed by atoms with Crippen LogP contribution in [0.2, 0.25) is 0 Å². The van der Waals surface area contributed by atoms with Gasteiger partial charge in [0.15, 0.2) is 0 Å². The van der Waals surface area contributed by atoms with E-state index in [4.69, 9.17) is 10.5 Å². The molecule has 1 aromatic heterocycles. The van der Waals surface area contributed by atoms with E-state index in [-0.39, 0.29) is 18.4 Å². The number of benzene rings is 1. The summed E-state index contributed by atoms with van der Waals surface area (Å²) in [6.07, 6.45) is 0. The van der Waals surface area contributed by atoms with Gasteiger partial charge in [0.05, 0.1) is 17.7 Å². The van der Waals surface area contributed by atoms with Gasteiger partial charge in [-0.2, -0.15) is 0 Å². The number of hydrogen-bond acceptors (Lipinski definition) is 4. The molecule has 0 fully saturated rings. The minimum Gasteiger partial charge on any atom is -0.462 e. The number of carbonyl (C=O) groups is 1. The fourth-order valence-electron chi connectivity index (χ4n) is 1.48. The van der Waals surface area contributed by atoms with Gasteiger partial charge in [0.1, 0.15) is 5.82 Å². The Morgan fingerprint density at radius 1 is 1.35 bits per heavy atom. The van der Waals surface area contributed by atoms with E-state index < -0.39 is 0 Å². The third-order valence-electron chi connectivity index (χ3n) is 2.22. The molecule has 1 aromatic carbocycles. The molecule has 5 heteroatoms. The Bertz CT molecular complexity index is 543. The van der Waals surface area contributed by atoms with Gasteiger partial charge in [-0.15, -0.1) is 12.4 Å². The zero-order valence-corrected chi connectivity index (χ0v) is 10.2. The summed E-state index contributed by atoms with van der Waals surface area (Å²) in [5.74, 6) is 0.151. The minimum atomic E-state index is -0.318. The number of anilines is 1. The standard InChI is InChI=1S/C12H12N2O2.ClH/c1-2-16-12(15)9-3-5-10-8(7-9)4-6-11(13)14-10;/h3-7H,2H2,1H3,(H2,13,14);1H. The lowest BCUT2D eigenvalue weighted by Gasteiger charge is -2.03. The SMILES string of the molecule is CCOC(=O)c1ccc2nc(N)ccc2c1.Cl. The van der Waals surface area contributed by atoms with Crippen LogP contribution in [0.4, 0.5) is 5.82 Å². The van der Waals surface area contributed by atoms with E-state index >= 15 is 0 Å². The van der Waals surface area contributed by atoms with Crippen LogP contribution in [0.3, 0.4) is 0 Å². The highest BCUT2D eigenvalue weighted by atomic mass is 35.5. The summed E-state index contributed by atoms with van der Waals surface area (Å²) in [6, 6.07) is 8.74. The van der Waals surface area contributed by atoms with E-state index in [2.05, 4.69) is 4.98 Å². The Kier molecular flexibility index (Phi) is 4.29. The Morgan fingerprint density at radius 3 is 2.82 bits per heavy atom. The lowest BCUT2D eigenvalue weighted by atomic mass is 10.1. The summed E-state index contributed by atoms with van der Waals surface area (Å²) >= 11 is 0. The molecular weight excluding hydrogens is 240 g/mol. The number of nitrogens with two attached hydrogens (primary N) is 1. The topological polar surface area (TPSA) is 65.2 Å². The highest BCUT2D eigenvalue weighted by Crippen LogP contribution is 2.16. The van der Waals surface area contributed by atoms with Gasteiger partial charge in [-0.25, -0.2) is 9.78 Å². The first-order chi connectivity index (χ1) is 7.70. The Hall–Kier alpha value is -1.81. The lowest BCUT2D eigenvalue weighted by Crippen LogP contribution is -2.04. The van der Waals surface area contributed by atoms with Gasteiger partial charge in [-0.3, -0.25) is 0 Å². The maximum Gasteiger partial charge on any atom is 0.338 e. The fourth-order valence-corrected chi connectivity index (χ4v) is 1.48. The lowest BCUT2D eigenvalue weighted by molar-refractivity contribution is 0.0526. The fraction of sp³-hybridized carbons (Fsp3) is 0.167. The zero-order valence-electron chi connectivity index (χ0n) is 9.34. The maximum atomic E-state index is 11.5. The summed E-state index contributed by atoms with van der Waals surface area (Å²) < 4.78 is 4.92. The van der Waals surface area contributed by atoms with Crippen molar-refractivity contribution >= 4 is 35.1 Å². The van der Waals surface area contributed by atoms with Crippen molar-refractivity contribution in [2.24, 2.45) is 0 Å². The number of ether oxygens (including phenoxy) is 1. The van der Waals surface area contributed by atoms with E-state index in [0.29, 0.717) is 18.0 Å². The largest absolute Gasteiger partial charge is 0.462 e. The second kappa shape index (κ2) is 5.50. The third-order valence-corrected chi connectivity index (χ3v) is 2.22. The smallest absolute Gasteiger partial charge is 0.338 e. The summed E-state index contributed by atoms with van der Waals surface area (Å²) in [7, 11) is 0. The summed E-state index contributed by atoms with van der Waals surface area (Å²) in [4.78, 5) is 15.6. The van der Waals surface area contributed by atoms with E-state index in [1.54, 1.807) is 31.2 Å². The van der Waals surface area contributed by atoms with Gasteiger partial charge >= 0.3 is 5.97 Å². The third kappa shape index (κ3) is 2.85. The van der Waals surface area contributed by atoms with Crippen LogP contribution in [0, 0.1) is 0 Å². The molecule has 0 bridgehead atoms. The normalized spacial score (nSPS) is 9.71. The van der Waals surface area contributed by atoms with Crippen molar-refractivity contribution in [2.45, 2.75) is 6.92 Å². The number of rotatable bonds is 2. The number of pyridine rings is 1.